The van der Waals surface area contributed by atoms with Crippen LogP contribution in [0, 0.1) is 0 Å². The lowest BCUT2D eigenvalue weighted by molar-refractivity contribution is 0.460. The lowest BCUT2D eigenvalue weighted by Crippen LogP contribution is -2.31. The van der Waals surface area contributed by atoms with E-state index in [0.717, 1.165) is 13.1 Å². The van der Waals surface area contributed by atoms with Crippen molar-refractivity contribution in [3.05, 3.63) is 17.7 Å². The molecule has 1 aromatic rings. The van der Waals surface area contributed by atoms with Gasteiger partial charge >= 0.3 is 0 Å². The van der Waals surface area contributed by atoms with Crippen molar-refractivity contribution in [2.75, 3.05) is 6.54 Å². The van der Waals surface area contributed by atoms with Crippen LogP contribution in [-0.2, 0) is 19.4 Å². The van der Waals surface area contributed by atoms with Crippen LogP contribution in [0.3, 0.4) is 0 Å². The van der Waals surface area contributed by atoms with E-state index in [-0.39, 0.29) is 0 Å². The van der Waals surface area contributed by atoms with Crippen LogP contribution in [0.2, 0.25) is 0 Å². The highest BCUT2D eigenvalue weighted by molar-refractivity contribution is 5.16. The molecule has 0 saturated heterocycles. The Morgan fingerprint density at radius 1 is 1.29 bits per heavy atom. The molecule has 0 radical (unpaired) electrons. The van der Waals surface area contributed by atoms with Crippen LogP contribution in [0.15, 0.2) is 6.33 Å². The summed E-state index contributed by atoms with van der Waals surface area (Å²) in [5, 5.41) is 3.62. The summed E-state index contributed by atoms with van der Waals surface area (Å²) in [6, 6.07) is 0.675. The molecule has 1 N–H and O–H groups in total. The Morgan fingerprint density at radius 3 is 2.82 bits per heavy atom. The molecule has 17 heavy (non-hydrogen) atoms. The molecule has 0 aliphatic heterocycles. The minimum absolute atomic E-state index is 0.675. The first-order valence-corrected chi connectivity index (χ1v) is 7.11. The Morgan fingerprint density at radius 2 is 2.06 bits per heavy atom. The molecule has 0 atom stereocenters. The average Bonchev–Trinajstić information content (AvgIpc) is 2.78. The first-order valence-electron chi connectivity index (χ1n) is 7.11. The number of rotatable bonds is 6. The highest BCUT2D eigenvalue weighted by Gasteiger charge is 2.14. The molecular formula is C14H25N3. The van der Waals surface area contributed by atoms with Gasteiger partial charge in [-0.1, -0.05) is 13.8 Å². The van der Waals surface area contributed by atoms with Gasteiger partial charge in [-0.3, -0.25) is 0 Å². The maximum absolute atomic E-state index is 4.53. The van der Waals surface area contributed by atoms with Crippen LogP contribution in [0.25, 0.3) is 0 Å². The Bertz CT molecular complexity index is 339. The fourth-order valence-electron chi connectivity index (χ4n) is 2.69. The molecule has 96 valence electrons. The summed E-state index contributed by atoms with van der Waals surface area (Å²) in [6.07, 6.45) is 9.53. The van der Waals surface area contributed by atoms with Gasteiger partial charge in [-0.2, -0.15) is 0 Å². The van der Waals surface area contributed by atoms with E-state index in [0.29, 0.717) is 6.04 Å². The SMILES string of the molecule is CCC(CC)NCCn1cnc2c1CCCC2. The van der Waals surface area contributed by atoms with E-state index in [1.54, 1.807) is 0 Å². The molecule has 0 saturated carbocycles. The van der Waals surface area contributed by atoms with Crippen molar-refractivity contribution < 1.29 is 0 Å². The molecule has 0 bridgehead atoms. The zero-order valence-corrected chi connectivity index (χ0v) is 11.2. The van der Waals surface area contributed by atoms with E-state index < -0.39 is 0 Å². The molecule has 0 spiro atoms. The monoisotopic (exact) mass is 235 g/mol. The van der Waals surface area contributed by atoms with Crippen molar-refractivity contribution >= 4 is 0 Å². The van der Waals surface area contributed by atoms with Crippen molar-refractivity contribution in [3.8, 4) is 0 Å². The van der Waals surface area contributed by atoms with Gasteiger partial charge in [-0.25, -0.2) is 4.98 Å². The highest BCUT2D eigenvalue weighted by atomic mass is 15.1. The highest BCUT2D eigenvalue weighted by Crippen LogP contribution is 2.19. The van der Waals surface area contributed by atoms with E-state index >= 15 is 0 Å². The molecule has 0 amide bonds. The lowest BCUT2D eigenvalue weighted by atomic mass is 10.0. The predicted molar refractivity (Wildman–Crippen MR) is 71.2 cm³/mol. The zero-order valence-electron chi connectivity index (χ0n) is 11.2. The second kappa shape index (κ2) is 6.20. The van der Waals surface area contributed by atoms with Gasteiger partial charge in [0.1, 0.15) is 0 Å². The summed E-state index contributed by atoms with van der Waals surface area (Å²) in [5.41, 5.74) is 2.83. The van der Waals surface area contributed by atoms with Gasteiger partial charge in [-0.15, -0.1) is 0 Å². The summed E-state index contributed by atoms with van der Waals surface area (Å²) < 4.78 is 2.35. The van der Waals surface area contributed by atoms with Crippen molar-refractivity contribution in [2.24, 2.45) is 0 Å². The van der Waals surface area contributed by atoms with Gasteiger partial charge in [0.05, 0.1) is 12.0 Å². The van der Waals surface area contributed by atoms with Gasteiger partial charge in [0.15, 0.2) is 0 Å². The average molecular weight is 235 g/mol. The number of aryl methyl sites for hydroxylation is 1. The third kappa shape index (κ3) is 3.09. The molecule has 1 aliphatic carbocycles. The number of hydrogen-bond donors (Lipinski definition) is 1. The molecule has 0 fully saturated rings. The minimum Gasteiger partial charge on any atom is -0.333 e. The third-order valence-corrected chi connectivity index (χ3v) is 3.88. The molecule has 2 rings (SSSR count). The second-order valence-corrected chi connectivity index (χ2v) is 5.01. The fraction of sp³-hybridized carbons (Fsp3) is 0.786. The van der Waals surface area contributed by atoms with Crippen molar-refractivity contribution in [2.45, 2.75) is 65.0 Å². The first-order chi connectivity index (χ1) is 8.35. The van der Waals surface area contributed by atoms with E-state index in [9.17, 15) is 0 Å². The van der Waals surface area contributed by atoms with Crippen LogP contribution in [0.5, 0.6) is 0 Å². The van der Waals surface area contributed by atoms with Gasteiger partial charge in [0.25, 0.3) is 0 Å². The molecule has 3 heteroatoms. The molecule has 0 unspecified atom stereocenters. The van der Waals surface area contributed by atoms with E-state index in [2.05, 4.69) is 28.7 Å². The van der Waals surface area contributed by atoms with Gasteiger partial charge in [0, 0.05) is 24.8 Å². The van der Waals surface area contributed by atoms with Gasteiger partial charge < -0.3 is 9.88 Å². The largest absolute Gasteiger partial charge is 0.333 e. The smallest absolute Gasteiger partial charge is 0.0952 e. The molecule has 1 aromatic heterocycles. The number of aromatic nitrogens is 2. The predicted octanol–water partition coefficient (Wildman–Crippen LogP) is 2.54. The Kier molecular flexibility index (Phi) is 4.60. The van der Waals surface area contributed by atoms with Gasteiger partial charge in [0.2, 0.25) is 0 Å². The van der Waals surface area contributed by atoms with Crippen LogP contribution in [0.4, 0.5) is 0 Å². The summed E-state index contributed by atoms with van der Waals surface area (Å²) in [7, 11) is 0. The molecule has 0 aromatic carbocycles. The topological polar surface area (TPSA) is 29.9 Å². The minimum atomic E-state index is 0.675. The van der Waals surface area contributed by atoms with E-state index in [1.807, 2.05) is 6.33 Å². The normalized spacial score (nSPS) is 15.2. The van der Waals surface area contributed by atoms with E-state index in [1.165, 1.54) is 49.9 Å². The second-order valence-electron chi connectivity index (χ2n) is 5.01. The van der Waals surface area contributed by atoms with Crippen LogP contribution < -0.4 is 5.32 Å². The summed E-state index contributed by atoms with van der Waals surface area (Å²) >= 11 is 0. The number of nitrogens with zero attached hydrogens (tertiary/aromatic N) is 2. The maximum Gasteiger partial charge on any atom is 0.0952 e. The maximum atomic E-state index is 4.53. The number of imidazole rings is 1. The Balaban J connectivity index is 1.85. The Hall–Kier alpha value is -0.830. The van der Waals surface area contributed by atoms with Crippen LogP contribution in [-0.4, -0.2) is 22.1 Å². The number of hydrogen-bond acceptors (Lipinski definition) is 2. The molecule has 1 aliphatic rings. The summed E-state index contributed by atoms with van der Waals surface area (Å²) in [5.74, 6) is 0. The Labute approximate surface area is 105 Å². The molecule has 1 heterocycles. The third-order valence-electron chi connectivity index (χ3n) is 3.88. The number of nitrogens with one attached hydrogen (secondary N) is 1. The number of fused-ring (bicyclic) bond motifs is 1. The van der Waals surface area contributed by atoms with Crippen molar-refractivity contribution in [3.63, 3.8) is 0 Å². The van der Waals surface area contributed by atoms with E-state index in [4.69, 9.17) is 0 Å². The van der Waals surface area contributed by atoms with Crippen molar-refractivity contribution in [1.82, 2.24) is 14.9 Å². The van der Waals surface area contributed by atoms with Crippen molar-refractivity contribution in [1.29, 1.82) is 0 Å². The first kappa shape index (κ1) is 12.6. The lowest BCUT2D eigenvalue weighted by Gasteiger charge is -2.17. The standard InChI is InChI=1S/C14H25N3/c1-3-12(4-2)15-9-10-17-11-16-13-7-5-6-8-14(13)17/h11-12,15H,3-10H2,1-2H3. The van der Waals surface area contributed by atoms with Crippen LogP contribution >= 0.6 is 0 Å². The summed E-state index contributed by atoms with van der Waals surface area (Å²) in [6.45, 7) is 6.63. The molecular weight excluding hydrogens is 210 g/mol. The van der Waals surface area contributed by atoms with Crippen LogP contribution in [0.1, 0.15) is 50.9 Å². The zero-order chi connectivity index (χ0) is 12.1. The molecule has 3 nitrogen and oxygen atoms in total. The van der Waals surface area contributed by atoms with Gasteiger partial charge in [-0.05, 0) is 38.5 Å². The fourth-order valence-corrected chi connectivity index (χ4v) is 2.69. The summed E-state index contributed by atoms with van der Waals surface area (Å²) in [4.78, 5) is 4.53. The quantitative estimate of drug-likeness (QED) is 0.821.